The van der Waals surface area contributed by atoms with E-state index < -0.39 is 5.60 Å². The Morgan fingerprint density at radius 3 is 2.30 bits per heavy atom. The molecule has 0 saturated heterocycles. The highest BCUT2D eigenvalue weighted by Crippen LogP contribution is 2.36. The minimum absolute atomic E-state index is 0.441. The Morgan fingerprint density at radius 2 is 1.70 bits per heavy atom. The number of aryl methyl sites for hydroxylation is 1. The summed E-state index contributed by atoms with van der Waals surface area (Å²) in [5.41, 5.74) is 1.02. The summed E-state index contributed by atoms with van der Waals surface area (Å²) in [7, 11) is 0. The Bertz CT molecular complexity index is 678. The normalized spacial score (nSPS) is 13.9. The van der Waals surface area contributed by atoms with E-state index in [2.05, 4.69) is 9.97 Å². The number of benzene rings is 1. The van der Waals surface area contributed by atoms with Gasteiger partial charge in [0.2, 0.25) is 0 Å². The minimum Gasteiger partial charge on any atom is -0.466 e. The Balaban J connectivity index is 2.21. The molecule has 2 heterocycles. The third-order valence-electron chi connectivity index (χ3n) is 3.33. The van der Waals surface area contributed by atoms with Gasteiger partial charge >= 0.3 is 0 Å². The smallest absolute Gasteiger partial charge is 0.176 e. The summed E-state index contributed by atoms with van der Waals surface area (Å²) in [6.45, 7) is 2.00. The van der Waals surface area contributed by atoms with Gasteiger partial charge in [-0.1, -0.05) is 29.8 Å². The summed E-state index contributed by atoms with van der Waals surface area (Å²) in [6, 6.07) is 11.2. The fraction of sp³-hybridized carbons (Fsp3) is 0.125. The molecule has 0 fully saturated rings. The molecule has 3 rings (SSSR count). The highest BCUT2D eigenvalue weighted by molar-refractivity contribution is 5.42. The van der Waals surface area contributed by atoms with E-state index in [1.807, 2.05) is 31.2 Å². The van der Waals surface area contributed by atoms with Crippen molar-refractivity contribution >= 4 is 0 Å². The molecule has 0 aliphatic carbocycles. The molecule has 3 aromatic rings. The lowest BCUT2D eigenvalue weighted by molar-refractivity contribution is 0.0982. The summed E-state index contributed by atoms with van der Waals surface area (Å²) in [5, 5.41) is 11.2. The molecule has 0 saturated carbocycles. The molecule has 0 amide bonds. The number of furan rings is 1. The van der Waals surface area contributed by atoms with Crippen molar-refractivity contribution in [3.05, 3.63) is 83.8 Å². The van der Waals surface area contributed by atoms with Gasteiger partial charge in [-0.25, -0.2) is 9.97 Å². The predicted molar refractivity (Wildman–Crippen MR) is 74.0 cm³/mol. The van der Waals surface area contributed by atoms with Crippen LogP contribution in [0.2, 0.25) is 0 Å². The molecule has 1 atom stereocenters. The van der Waals surface area contributed by atoms with E-state index in [1.165, 1.54) is 12.6 Å². The molecule has 0 radical (unpaired) electrons. The average Bonchev–Trinajstić information content (AvgIpc) is 3.03. The highest BCUT2D eigenvalue weighted by atomic mass is 16.4. The Morgan fingerprint density at radius 1 is 1.00 bits per heavy atom. The van der Waals surface area contributed by atoms with Crippen molar-refractivity contribution in [1.29, 1.82) is 0 Å². The molecule has 0 aliphatic rings. The first-order chi connectivity index (χ1) is 9.71. The van der Waals surface area contributed by atoms with Crippen molar-refractivity contribution in [2.45, 2.75) is 12.5 Å². The zero-order chi connectivity index (χ0) is 14.0. The van der Waals surface area contributed by atoms with Crippen LogP contribution in [0, 0.1) is 6.92 Å². The molecule has 0 bridgehead atoms. The first-order valence-corrected chi connectivity index (χ1v) is 6.30. The zero-order valence-corrected chi connectivity index (χ0v) is 11.0. The third kappa shape index (κ3) is 2.00. The van der Waals surface area contributed by atoms with Gasteiger partial charge < -0.3 is 9.52 Å². The number of aliphatic hydroxyl groups is 1. The molecule has 4 heteroatoms. The predicted octanol–water partition coefficient (Wildman–Crippen LogP) is 2.66. The fourth-order valence-electron chi connectivity index (χ4n) is 2.22. The van der Waals surface area contributed by atoms with Crippen LogP contribution in [0.4, 0.5) is 0 Å². The van der Waals surface area contributed by atoms with Gasteiger partial charge in [-0.05, 0) is 24.6 Å². The standard InChI is InChI=1S/C16H14N2O2/c1-12-4-6-13(7-5-12)16(19,15-3-2-8-20-15)14-9-17-11-18-10-14/h2-11,19H,1H3. The summed E-state index contributed by atoms with van der Waals surface area (Å²) in [6.07, 6.45) is 6.16. The first-order valence-electron chi connectivity index (χ1n) is 6.30. The average molecular weight is 266 g/mol. The van der Waals surface area contributed by atoms with Gasteiger partial charge in [-0.15, -0.1) is 0 Å². The second-order valence-electron chi connectivity index (χ2n) is 4.68. The van der Waals surface area contributed by atoms with Crippen LogP contribution in [0.15, 0.2) is 65.8 Å². The third-order valence-corrected chi connectivity index (χ3v) is 3.33. The summed E-state index contributed by atoms with van der Waals surface area (Å²) < 4.78 is 5.43. The molecule has 0 spiro atoms. The molecule has 100 valence electrons. The molecular formula is C16H14N2O2. The molecule has 1 N–H and O–H groups in total. The minimum atomic E-state index is -1.39. The maximum absolute atomic E-state index is 11.2. The van der Waals surface area contributed by atoms with Crippen LogP contribution in [0.1, 0.15) is 22.5 Å². The van der Waals surface area contributed by atoms with Crippen LogP contribution in [-0.4, -0.2) is 15.1 Å². The quantitative estimate of drug-likeness (QED) is 0.791. The topological polar surface area (TPSA) is 59.2 Å². The molecular weight excluding hydrogens is 252 g/mol. The van der Waals surface area contributed by atoms with Crippen molar-refractivity contribution in [2.75, 3.05) is 0 Å². The molecule has 0 aliphatic heterocycles. The van der Waals surface area contributed by atoms with Crippen LogP contribution in [-0.2, 0) is 5.60 Å². The lowest BCUT2D eigenvalue weighted by Gasteiger charge is -2.26. The van der Waals surface area contributed by atoms with Gasteiger partial charge in [0.15, 0.2) is 5.60 Å². The molecule has 20 heavy (non-hydrogen) atoms. The first kappa shape index (κ1) is 12.6. The fourth-order valence-corrected chi connectivity index (χ4v) is 2.22. The highest BCUT2D eigenvalue weighted by Gasteiger charge is 2.37. The monoisotopic (exact) mass is 266 g/mol. The molecule has 4 nitrogen and oxygen atoms in total. The van der Waals surface area contributed by atoms with Gasteiger partial charge in [-0.2, -0.15) is 0 Å². The zero-order valence-electron chi connectivity index (χ0n) is 11.0. The van der Waals surface area contributed by atoms with Crippen molar-refractivity contribution in [1.82, 2.24) is 9.97 Å². The second-order valence-corrected chi connectivity index (χ2v) is 4.68. The summed E-state index contributed by atoms with van der Waals surface area (Å²) in [4.78, 5) is 7.98. The van der Waals surface area contributed by atoms with E-state index in [4.69, 9.17) is 4.42 Å². The van der Waals surface area contributed by atoms with Gasteiger partial charge in [0, 0.05) is 18.0 Å². The number of hydrogen-bond acceptors (Lipinski definition) is 4. The van der Waals surface area contributed by atoms with Crippen molar-refractivity contribution in [3.8, 4) is 0 Å². The summed E-state index contributed by atoms with van der Waals surface area (Å²) >= 11 is 0. The summed E-state index contributed by atoms with van der Waals surface area (Å²) in [5.74, 6) is 0.441. The number of rotatable bonds is 3. The Hall–Kier alpha value is -2.46. The SMILES string of the molecule is Cc1ccc(C(O)(c2cncnc2)c2ccco2)cc1. The van der Waals surface area contributed by atoms with Gasteiger partial charge in [0.05, 0.1) is 6.26 Å². The molecule has 1 aromatic carbocycles. The van der Waals surface area contributed by atoms with E-state index in [9.17, 15) is 5.11 Å². The van der Waals surface area contributed by atoms with Gasteiger partial charge in [-0.3, -0.25) is 0 Å². The second kappa shape index (κ2) is 4.90. The maximum Gasteiger partial charge on any atom is 0.176 e. The van der Waals surface area contributed by atoms with E-state index in [0.29, 0.717) is 16.9 Å². The van der Waals surface area contributed by atoms with Crippen LogP contribution < -0.4 is 0 Å². The van der Waals surface area contributed by atoms with Crippen molar-refractivity contribution < 1.29 is 9.52 Å². The Labute approximate surface area is 116 Å². The lowest BCUT2D eigenvalue weighted by atomic mass is 9.85. The van der Waals surface area contributed by atoms with Crippen molar-refractivity contribution in [2.24, 2.45) is 0 Å². The van der Waals surface area contributed by atoms with E-state index in [1.54, 1.807) is 24.5 Å². The molecule has 2 aromatic heterocycles. The van der Waals surface area contributed by atoms with Crippen LogP contribution in [0.5, 0.6) is 0 Å². The maximum atomic E-state index is 11.2. The van der Waals surface area contributed by atoms with E-state index in [0.717, 1.165) is 5.56 Å². The Kier molecular flexibility index (Phi) is 3.08. The molecule has 1 unspecified atom stereocenters. The van der Waals surface area contributed by atoms with Crippen LogP contribution in [0.3, 0.4) is 0 Å². The van der Waals surface area contributed by atoms with E-state index >= 15 is 0 Å². The van der Waals surface area contributed by atoms with Crippen LogP contribution in [0.25, 0.3) is 0 Å². The number of hydrogen-bond donors (Lipinski definition) is 1. The lowest BCUT2D eigenvalue weighted by Crippen LogP contribution is -2.28. The largest absolute Gasteiger partial charge is 0.466 e. The van der Waals surface area contributed by atoms with Crippen molar-refractivity contribution in [3.63, 3.8) is 0 Å². The van der Waals surface area contributed by atoms with Gasteiger partial charge in [0.1, 0.15) is 12.1 Å². The number of nitrogens with zero attached hydrogens (tertiary/aromatic N) is 2. The van der Waals surface area contributed by atoms with Gasteiger partial charge in [0.25, 0.3) is 0 Å². The van der Waals surface area contributed by atoms with Crippen LogP contribution >= 0.6 is 0 Å². The number of aromatic nitrogens is 2. The van der Waals surface area contributed by atoms with E-state index in [-0.39, 0.29) is 0 Å².